The van der Waals surface area contributed by atoms with Crippen LogP contribution in [0.25, 0.3) is 11.0 Å². The molecule has 0 bridgehead atoms. The van der Waals surface area contributed by atoms with E-state index in [0.717, 1.165) is 61.2 Å². The molecule has 1 saturated heterocycles. The Hall–Kier alpha value is -3.84. The van der Waals surface area contributed by atoms with Crippen molar-refractivity contribution in [2.75, 3.05) is 39.8 Å². The van der Waals surface area contributed by atoms with Gasteiger partial charge in [0.1, 0.15) is 5.75 Å². The van der Waals surface area contributed by atoms with Crippen molar-refractivity contribution in [2.45, 2.75) is 45.1 Å². The molecule has 4 aromatic rings. The van der Waals surface area contributed by atoms with Crippen LogP contribution in [0.3, 0.4) is 0 Å². The first-order chi connectivity index (χ1) is 19.5. The van der Waals surface area contributed by atoms with Gasteiger partial charge in [-0.2, -0.15) is 0 Å². The molecule has 1 atom stereocenters. The third kappa shape index (κ3) is 5.85. The first-order valence-corrected chi connectivity index (χ1v) is 14.5. The van der Waals surface area contributed by atoms with Crippen molar-refractivity contribution in [3.8, 4) is 5.75 Å². The Labute approximate surface area is 236 Å². The van der Waals surface area contributed by atoms with Gasteiger partial charge >= 0.3 is 5.69 Å². The summed E-state index contributed by atoms with van der Waals surface area (Å²) in [6, 6.07) is 24.6. The second-order valence-corrected chi connectivity index (χ2v) is 10.6. The molecule has 3 aromatic carbocycles. The van der Waals surface area contributed by atoms with Gasteiger partial charge in [-0.05, 0) is 87.2 Å². The Kier molecular flexibility index (Phi) is 8.70. The van der Waals surface area contributed by atoms with E-state index in [-0.39, 0.29) is 23.6 Å². The van der Waals surface area contributed by atoms with Gasteiger partial charge in [0.15, 0.2) is 0 Å². The summed E-state index contributed by atoms with van der Waals surface area (Å²) in [4.78, 5) is 32.9. The van der Waals surface area contributed by atoms with Crippen molar-refractivity contribution in [3.05, 3.63) is 100.0 Å². The zero-order chi connectivity index (χ0) is 28.1. The molecule has 1 aliphatic heterocycles. The molecule has 0 radical (unpaired) electrons. The van der Waals surface area contributed by atoms with Gasteiger partial charge in [-0.25, -0.2) is 4.79 Å². The lowest BCUT2D eigenvalue weighted by Gasteiger charge is -2.33. The number of aromatic amines is 1. The first kappa shape index (κ1) is 27.7. The number of fused-ring (bicyclic) bond motifs is 1. The molecule has 7 heteroatoms. The summed E-state index contributed by atoms with van der Waals surface area (Å²) in [6.45, 7) is 8.30. The van der Waals surface area contributed by atoms with Gasteiger partial charge in [-0.3, -0.25) is 9.36 Å². The molecule has 210 valence electrons. The van der Waals surface area contributed by atoms with Crippen molar-refractivity contribution in [3.63, 3.8) is 0 Å². The first-order valence-electron chi connectivity index (χ1n) is 14.5. The van der Waals surface area contributed by atoms with E-state index in [1.54, 1.807) is 7.11 Å². The minimum Gasteiger partial charge on any atom is -0.497 e. The molecule has 1 aromatic heterocycles. The molecule has 0 spiro atoms. The van der Waals surface area contributed by atoms with Crippen molar-refractivity contribution in [1.29, 1.82) is 0 Å². The summed E-state index contributed by atoms with van der Waals surface area (Å²) >= 11 is 0. The standard InChI is InChI=1S/C33H40N4O3/c1-4-36(5-2)32(38)25-15-13-24(14-16-25)29(26-9-8-10-28(23-26)40-3)19-22-35-20-17-27(18-21-35)37-31-12-7-6-11-30(31)34-33(37)39/h6-16,23,27,29H,4-5,17-22H2,1-3H3,(H,34,39). The summed E-state index contributed by atoms with van der Waals surface area (Å²) in [5, 5.41) is 0. The molecule has 1 N–H and O–H groups in total. The third-order valence-electron chi connectivity index (χ3n) is 8.39. The number of aromatic nitrogens is 2. The minimum atomic E-state index is -0.0133. The zero-order valence-electron chi connectivity index (χ0n) is 23.8. The summed E-state index contributed by atoms with van der Waals surface area (Å²) in [5.74, 6) is 1.11. The van der Waals surface area contributed by atoms with Gasteiger partial charge in [0, 0.05) is 43.7 Å². The fourth-order valence-corrected chi connectivity index (χ4v) is 6.09. The van der Waals surface area contributed by atoms with Crippen molar-refractivity contribution in [2.24, 2.45) is 0 Å². The highest BCUT2D eigenvalue weighted by atomic mass is 16.5. The third-order valence-corrected chi connectivity index (χ3v) is 8.39. The smallest absolute Gasteiger partial charge is 0.326 e. The van der Waals surface area contributed by atoms with Gasteiger partial charge in [0.25, 0.3) is 5.91 Å². The topological polar surface area (TPSA) is 70.6 Å². The lowest BCUT2D eigenvalue weighted by molar-refractivity contribution is 0.0773. The molecule has 2 heterocycles. The Morgan fingerprint density at radius 3 is 2.40 bits per heavy atom. The molecule has 0 saturated carbocycles. The molecular weight excluding hydrogens is 500 g/mol. The van der Waals surface area contributed by atoms with Crippen molar-refractivity contribution < 1.29 is 9.53 Å². The van der Waals surface area contributed by atoms with Crippen LogP contribution >= 0.6 is 0 Å². The van der Waals surface area contributed by atoms with E-state index in [4.69, 9.17) is 4.74 Å². The van der Waals surface area contributed by atoms with Crippen LogP contribution in [-0.4, -0.2) is 65.1 Å². The Bertz CT molecular complexity index is 1480. The molecule has 1 amide bonds. The van der Waals surface area contributed by atoms with Gasteiger partial charge < -0.3 is 19.5 Å². The number of nitrogens with zero attached hydrogens (tertiary/aromatic N) is 3. The fraction of sp³-hybridized carbons (Fsp3) is 0.394. The predicted octanol–water partition coefficient (Wildman–Crippen LogP) is 5.68. The van der Waals surface area contributed by atoms with E-state index in [1.807, 2.05) is 71.8 Å². The number of hydrogen-bond donors (Lipinski definition) is 1. The Morgan fingerprint density at radius 2 is 1.70 bits per heavy atom. The average molecular weight is 541 g/mol. The number of ether oxygens (including phenoxy) is 1. The van der Waals surface area contributed by atoms with Gasteiger partial charge in [0.2, 0.25) is 0 Å². The van der Waals surface area contributed by atoms with E-state index in [0.29, 0.717) is 13.1 Å². The highest BCUT2D eigenvalue weighted by Crippen LogP contribution is 2.32. The van der Waals surface area contributed by atoms with Crippen LogP contribution in [0.4, 0.5) is 0 Å². The van der Waals surface area contributed by atoms with E-state index in [1.165, 1.54) is 11.1 Å². The number of benzene rings is 3. The fourth-order valence-electron chi connectivity index (χ4n) is 6.09. The molecule has 0 aliphatic carbocycles. The van der Waals surface area contributed by atoms with Crippen LogP contribution in [0.2, 0.25) is 0 Å². The van der Waals surface area contributed by atoms with Crippen LogP contribution in [0.1, 0.15) is 66.6 Å². The lowest BCUT2D eigenvalue weighted by Crippen LogP contribution is -2.37. The molecule has 1 aliphatic rings. The number of methoxy groups -OCH3 is 1. The maximum absolute atomic E-state index is 12.9. The van der Waals surface area contributed by atoms with Crippen LogP contribution in [0, 0.1) is 0 Å². The number of likely N-dealkylation sites (tertiary alicyclic amines) is 1. The van der Waals surface area contributed by atoms with Crippen LogP contribution in [0.15, 0.2) is 77.6 Å². The van der Waals surface area contributed by atoms with Crippen molar-refractivity contribution >= 4 is 16.9 Å². The SMILES string of the molecule is CCN(CC)C(=O)c1ccc(C(CCN2CCC(n3c(=O)[nH]c4ccccc43)CC2)c2cccc(OC)c2)cc1. The largest absolute Gasteiger partial charge is 0.497 e. The molecule has 7 nitrogen and oxygen atoms in total. The van der Waals surface area contributed by atoms with E-state index >= 15 is 0 Å². The maximum atomic E-state index is 12.9. The monoisotopic (exact) mass is 540 g/mol. The molecular formula is C33H40N4O3. The number of carbonyl (C=O) groups is 1. The molecule has 5 rings (SSSR count). The van der Waals surface area contributed by atoms with Crippen molar-refractivity contribution in [1.82, 2.24) is 19.4 Å². The number of nitrogens with one attached hydrogen (secondary N) is 1. The number of H-pyrrole nitrogens is 1. The molecule has 1 fully saturated rings. The minimum absolute atomic E-state index is 0.0133. The van der Waals surface area contributed by atoms with E-state index in [9.17, 15) is 9.59 Å². The Balaban J connectivity index is 1.29. The molecule has 40 heavy (non-hydrogen) atoms. The van der Waals surface area contributed by atoms with Crippen LogP contribution in [0.5, 0.6) is 5.75 Å². The van der Waals surface area contributed by atoms with Crippen LogP contribution < -0.4 is 10.4 Å². The quantitative estimate of drug-likeness (QED) is 0.281. The number of piperidine rings is 1. The number of para-hydroxylation sites is 2. The lowest BCUT2D eigenvalue weighted by atomic mass is 9.87. The van der Waals surface area contributed by atoms with E-state index in [2.05, 4.69) is 34.1 Å². The highest BCUT2D eigenvalue weighted by molar-refractivity contribution is 5.94. The van der Waals surface area contributed by atoms with Gasteiger partial charge in [0.05, 0.1) is 18.1 Å². The number of hydrogen-bond acceptors (Lipinski definition) is 4. The summed E-state index contributed by atoms with van der Waals surface area (Å²) in [6.07, 6.45) is 2.86. The zero-order valence-corrected chi connectivity index (χ0v) is 23.8. The number of carbonyl (C=O) groups excluding carboxylic acids is 1. The Morgan fingerprint density at radius 1 is 0.975 bits per heavy atom. The predicted molar refractivity (Wildman–Crippen MR) is 160 cm³/mol. The van der Waals surface area contributed by atoms with E-state index < -0.39 is 0 Å². The number of amides is 1. The highest BCUT2D eigenvalue weighted by Gasteiger charge is 2.25. The number of imidazole rings is 1. The summed E-state index contributed by atoms with van der Waals surface area (Å²) < 4.78 is 7.48. The summed E-state index contributed by atoms with van der Waals surface area (Å²) in [5.41, 5.74) is 5.02. The number of rotatable bonds is 10. The summed E-state index contributed by atoms with van der Waals surface area (Å²) in [7, 11) is 1.70. The average Bonchev–Trinajstić information content (AvgIpc) is 3.34. The van der Waals surface area contributed by atoms with Crippen LogP contribution in [-0.2, 0) is 0 Å². The van der Waals surface area contributed by atoms with Gasteiger partial charge in [-0.15, -0.1) is 0 Å². The second-order valence-electron chi connectivity index (χ2n) is 10.6. The molecule has 1 unspecified atom stereocenters. The normalized spacial score (nSPS) is 15.3. The van der Waals surface area contributed by atoms with Gasteiger partial charge in [-0.1, -0.05) is 36.4 Å². The maximum Gasteiger partial charge on any atom is 0.326 e. The second kappa shape index (κ2) is 12.6.